The molecule has 1 aliphatic rings. The van der Waals surface area contributed by atoms with Gasteiger partial charge >= 0.3 is 5.97 Å². The molecule has 0 aliphatic carbocycles. The molecule has 1 aromatic heterocycles. The minimum absolute atomic E-state index is 0.112. The molecule has 38 heavy (non-hydrogen) atoms. The van der Waals surface area contributed by atoms with Crippen LogP contribution in [0.4, 0.5) is 0 Å². The largest absolute Gasteiger partial charge is 0.466 e. The average Bonchev–Trinajstić information content (AvgIpc) is 2.93. The molecule has 1 saturated heterocycles. The number of amides is 1. The molecule has 1 fully saturated rings. The summed E-state index contributed by atoms with van der Waals surface area (Å²) >= 11 is 0. The molecule has 0 bridgehead atoms. The molecular weight excluding hydrogens is 484 g/mol. The molecule has 9 heteroatoms. The zero-order valence-electron chi connectivity index (χ0n) is 21.7. The Morgan fingerprint density at radius 1 is 1.03 bits per heavy atom. The minimum Gasteiger partial charge on any atom is -0.466 e. The highest BCUT2D eigenvalue weighted by Crippen LogP contribution is 2.17. The molecular formula is C29H34N4O5. The molecule has 0 radical (unpaired) electrons. The molecule has 0 atom stereocenters. The average molecular weight is 519 g/mol. The third-order valence-electron chi connectivity index (χ3n) is 6.33. The molecule has 2 heterocycles. The van der Waals surface area contributed by atoms with E-state index >= 15 is 0 Å². The number of morpholine rings is 1. The van der Waals surface area contributed by atoms with Crippen molar-refractivity contribution in [2.24, 2.45) is 0 Å². The van der Waals surface area contributed by atoms with E-state index < -0.39 is 0 Å². The molecule has 0 unspecified atom stereocenters. The van der Waals surface area contributed by atoms with Gasteiger partial charge in [-0.05, 0) is 49.2 Å². The summed E-state index contributed by atoms with van der Waals surface area (Å²) < 4.78 is 11.8. The summed E-state index contributed by atoms with van der Waals surface area (Å²) in [5, 5.41) is 7.51. The van der Waals surface area contributed by atoms with Crippen molar-refractivity contribution in [3.05, 3.63) is 87.7 Å². The summed E-state index contributed by atoms with van der Waals surface area (Å²) in [5.41, 5.74) is 3.47. The zero-order valence-corrected chi connectivity index (χ0v) is 21.7. The number of aromatic nitrogens is 2. The first-order valence-corrected chi connectivity index (χ1v) is 13.0. The molecule has 1 amide bonds. The monoisotopic (exact) mass is 518 g/mol. The first kappa shape index (κ1) is 27.2. The summed E-state index contributed by atoms with van der Waals surface area (Å²) in [7, 11) is 0. The van der Waals surface area contributed by atoms with Gasteiger partial charge in [-0.1, -0.05) is 36.4 Å². The lowest BCUT2D eigenvalue weighted by atomic mass is 10.1. The molecule has 1 aliphatic heterocycles. The Hall–Kier alpha value is -3.82. The topological polar surface area (TPSA) is 103 Å². The fourth-order valence-electron chi connectivity index (χ4n) is 4.33. The van der Waals surface area contributed by atoms with Gasteiger partial charge in [-0.2, -0.15) is 5.10 Å². The van der Waals surface area contributed by atoms with Crippen LogP contribution in [0.15, 0.2) is 65.5 Å². The van der Waals surface area contributed by atoms with E-state index in [9.17, 15) is 14.4 Å². The lowest BCUT2D eigenvalue weighted by Crippen LogP contribution is -2.38. The van der Waals surface area contributed by atoms with E-state index in [0.717, 1.165) is 56.0 Å². The summed E-state index contributed by atoms with van der Waals surface area (Å²) in [4.78, 5) is 39.2. The zero-order chi connectivity index (χ0) is 26.7. The Bertz CT molecular complexity index is 1280. The van der Waals surface area contributed by atoms with Crippen molar-refractivity contribution in [2.45, 2.75) is 26.3 Å². The van der Waals surface area contributed by atoms with E-state index in [2.05, 4.69) is 15.3 Å². The van der Waals surface area contributed by atoms with Crippen LogP contribution in [0.25, 0.3) is 11.3 Å². The second-order valence-corrected chi connectivity index (χ2v) is 9.16. The standard InChI is InChI=1S/C29H34N4O5/c1-2-38-28(35)20-22-5-3-6-23(19-22)21-33-27(34)12-11-26(31-33)24-7-9-25(10-8-24)29(36)30-13-4-14-32-15-17-37-18-16-32/h3,5-12,19H,2,4,13-18,20-21H2,1H3,(H,30,36). The number of ether oxygens (including phenoxy) is 2. The van der Waals surface area contributed by atoms with Crippen LogP contribution in [0.3, 0.4) is 0 Å². The molecule has 9 nitrogen and oxygen atoms in total. The third kappa shape index (κ3) is 7.84. The number of hydrogen-bond donors (Lipinski definition) is 1. The van der Waals surface area contributed by atoms with Crippen molar-refractivity contribution in [3.8, 4) is 11.3 Å². The van der Waals surface area contributed by atoms with Crippen LogP contribution in [-0.4, -0.2) is 72.6 Å². The van der Waals surface area contributed by atoms with Crippen molar-refractivity contribution in [2.75, 3.05) is 46.0 Å². The molecule has 2 aromatic carbocycles. The number of carbonyl (C=O) groups excluding carboxylic acids is 2. The Labute approximate surface area is 222 Å². The summed E-state index contributed by atoms with van der Waals surface area (Å²) in [6.45, 7) is 7.38. The quantitative estimate of drug-likeness (QED) is 0.307. The van der Waals surface area contributed by atoms with Crippen molar-refractivity contribution in [1.29, 1.82) is 0 Å². The fraction of sp³-hybridized carbons (Fsp3) is 0.379. The van der Waals surface area contributed by atoms with Crippen LogP contribution in [-0.2, 0) is 27.2 Å². The lowest BCUT2D eigenvalue weighted by molar-refractivity contribution is -0.142. The van der Waals surface area contributed by atoms with Crippen molar-refractivity contribution in [3.63, 3.8) is 0 Å². The van der Waals surface area contributed by atoms with Crippen LogP contribution >= 0.6 is 0 Å². The van der Waals surface area contributed by atoms with Gasteiger partial charge in [0.15, 0.2) is 0 Å². The molecule has 4 rings (SSSR count). The number of carbonyl (C=O) groups is 2. The molecule has 0 saturated carbocycles. The van der Waals surface area contributed by atoms with E-state index in [0.29, 0.717) is 24.4 Å². The molecule has 0 spiro atoms. The minimum atomic E-state index is -0.285. The van der Waals surface area contributed by atoms with Crippen LogP contribution in [0.5, 0.6) is 0 Å². The van der Waals surface area contributed by atoms with Gasteiger partial charge in [-0.15, -0.1) is 0 Å². The van der Waals surface area contributed by atoms with Gasteiger partial charge in [0.25, 0.3) is 11.5 Å². The summed E-state index contributed by atoms with van der Waals surface area (Å²) in [5.74, 6) is -0.397. The highest BCUT2D eigenvalue weighted by Gasteiger charge is 2.11. The number of nitrogens with zero attached hydrogens (tertiary/aromatic N) is 3. The second kappa shape index (κ2) is 13.6. The predicted molar refractivity (Wildman–Crippen MR) is 144 cm³/mol. The van der Waals surface area contributed by atoms with Crippen LogP contribution in [0.1, 0.15) is 34.8 Å². The van der Waals surface area contributed by atoms with Gasteiger partial charge in [-0.3, -0.25) is 19.3 Å². The van der Waals surface area contributed by atoms with Crippen molar-refractivity contribution >= 4 is 11.9 Å². The van der Waals surface area contributed by atoms with Crippen molar-refractivity contribution < 1.29 is 19.1 Å². The Morgan fingerprint density at radius 2 is 1.79 bits per heavy atom. The third-order valence-corrected chi connectivity index (χ3v) is 6.33. The van der Waals surface area contributed by atoms with E-state index in [1.165, 1.54) is 10.7 Å². The highest BCUT2D eigenvalue weighted by atomic mass is 16.5. The second-order valence-electron chi connectivity index (χ2n) is 9.16. The maximum absolute atomic E-state index is 12.5. The number of benzene rings is 2. The highest BCUT2D eigenvalue weighted by molar-refractivity contribution is 5.94. The predicted octanol–water partition coefficient (Wildman–Crippen LogP) is 2.52. The lowest BCUT2D eigenvalue weighted by Gasteiger charge is -2.26. The molecule has 1 N–H and O–H groups in total. The number of hydrogen-bond acceptors (Lipinski definition) is 7. The first-order chi connectivity index (χ1) is 18.5. The van der Waals surface area contributed by atoms with E-state index in [1.807, 2.05) is 36.4 Å². The maximum Gasteiger partial charge on any atom is 0.310 e. The van der Waals surface area contributed by atoms with Gasteiger partial charge in [0.05, 0.1) is 38.5 Å². The maximum atomic E-state index is 12.5. The smallest absolute Gasteiger partial charge is 0.310 e. The van der Waals surface area contributed by atoms with Crippen LogP contribution < -0.4 is 10.9 Å². The van der Waals surface area contributed by atoms with E-state index in [1.54, 1.807) is 25.1 Å². The molecule has 200 valence electrons. The van der Waals surface area contributed by atoms with Gasteiger partial charge in [-0.25, -0.2) is 4.68 Å². The van der Waals surface area contributed by atoms with E-state index in [-0.39, 0.29) is 30.4 Å². The fourth-order valence-corrected chi connectivity index (χ4v) is 4.33. The first-order valence-electron chi connectivity index (χ1n) is 13.0. The number of rotatable bonds is 11. The van der Waals surface area contributed by atoms with Crippen molar-refractivity contribution in [1.82, 2.24) is 20.0 Å². The van der Waals surface area contributed by atoms with Crippen LogP contribution in [0.2, 0.25) is 0 Å². The SMILES string of the molecule is CCOC(=O)Cc1cccc(Cn2nc(-c3ccc(C(=O)NCCCN4CCOCC4)cc3)ccc2=O)c1. The van der Waals surface area contributed by atoms with Gasteiger partial charge in [0.2, 0.25) is 0 Å². The summed E-state index contributed by atoms with van der Waals surface area (Å²) in [6, 6.07) is 17.8. The Kier molecular flexibility index (Phi) is 9.77. The van der Waals surface area contributed by atoms with Gasteiger partial charge in [0, 0.05) is 36.8 Å². The number of nitrogens with one attached hydrogen (secondary N) is 1. The Balaban J connectivity index is 1.35. The molecule has 3 aromatic rings. The van der Waals surface area contributed by atoms with E-state index in [4.69, 9.17) is 9.47 Å². The van der Waals surface area contributed by atoms with Gasteiger partial charge in [0.1, 0.15) is 0 Å². The van der Waals surface area contributed by atoms with Gasteiger partial charge < -0.3 is 14.8 Å². The Morgan fingerprint density at radius 3 is 2.55 bits per heavy atom. The van der Waals surface area contributed by atoms with Crippen LogP contribution in [0, 0.1) is 0 Å². The number of esters is 1. The summed E-state index contributed by atoms with van der Waals surface area (Å²) in [6.07, 6.45) is 1.07. The normalized spacial score (nSPS) is 13.7.